The van der Waals surface area contributed by atoms with Crippen molar-refractivity contribution in [2.24, 2.45) is 5.92 Å². The molecule has 34 heavy (non-hydrogen) atoms. The molecule has 2 rings (SSSR count). The van der Waals surface area contributed by atoms with Crippen molar-refractivity contribution in [1.29, 1.82) is 0 Å². The van der Waals surface area contributed by atoms with Crippen molar-refractivity contribution in [2.75, 3.05) is 11.5 Å². The lowest BCUT2D eigenvalue weighted by Crippen LogP contribution is -2.56. The van der Waals surface area contributed by atoms with E-state index in [4.69, 9.17) is 4.74 Å². The van der Waals surface area contributed by atoms with Gasteiger partial charge in [0.15, 0.2) is 6.10 Å². The number of aliphatic hydroxyl groups excluding tert-OH is 1. The van der Waals surface area contributed by atoms with Crippen molar-refractivity contribution < 1.29 is 46.4 Å². The summed E-state index contributed by atoms with van der Waals surface area (Å²) >= 11 is -1.49. The van der Waals surface area contributed by atoms with Gasteiger partial charge in [-0.25, -0.2) is 4.79 Å². The zero-order chi connectivity index (χ0) is 26.0. The van der Waals surface area contributed by atoms with Crippen molar-refractivity contribution in [1.82, 2.24) is 5.32 Å². The number of carbonyl (C=O) groups excluding carboxylic acids is 1. The molecule has 192 valence electrons. The number of hydrogen-bond acceptors (Lipinski definition) is 7. The highest BCUT2D eigenvalue weighted by molar-refractivity contribution is 7.91. The standard InChI is InChI=1S/C20H26F4N2O7S/c1-10(20(22,23)24)32-15-7-11(6-13(21)16(15)26(29)30)5-12-8-34(31)9-14(17(12)27)25-18(28)33-19(2,3)4/h6-7,10,12,14,17,27H,5,8-9H2,1-4H3,(H,25,28)/t10-,12+,14-,17-,34+/m0/s1. The maximum Gasteiger partial charge on any atom is 0.425 e. The Kier molecular flexibility index (Phi) is 8.64. The number of hydrogen-bond donors (Lipinski definition) is 2. The van der Waals surface area contributed by atoms with Gasteiger partial charge in [-0.3, -0.25) is 10.1 Å². The topological polar surface area (TPSA) is 134 Å². The van der Waals surface area contributed by atoms with Gasteiger partial charge < -0.3 is 24.4 Å². The molecule has 0 saturated carbocycles. The Morgan fingerprint density at radius 1 is 1.32 bits per heavy atom. The zero-order valence-electron chi connectivity index (χ0n) is 18.8. The van der Waals surface area contributed by atoms with Crippen LogP contribution in [-0.2, 0) is 22.3 Å². The number of aliphatic hydroxyl groups is 1. The smallest absolute Gasteiger partial charge is 0.425 e. The minimum absolute atomic E-state index is 0.00792. The number of carbonyl (C=O) groups is 1. The van der Waals surface area contributed by atoms with Crippen LogP contribution in [0, 0.1) is 21.8 Å². The summed E-state index contributed by atoms with van der Waals surface area (Å²) in [5.41, 5.74) is -2.08. The van der Waals surface area contributed by atoms with Gasteiger partial charge in [-0.2, -0.15) is 17.6 Å². The molecule has 1 saturated heterocycles. The monoisotopic (exact) mass is 514 g/mol. The van der Waals surface area contributed by atoms with Crippen LogP contribution in [0.4, 0.5) is 28.0 Å². The molecule has 0 aliphatic carbocycles. The van der Waals surface area contributed by atoms with Crippen LogP contribution in [0.5, 0.6) is 5.75 Å². The van der Waals surface area contributed by atoms with Gasteiger partial charge in [0.05, 0.1) is 11.0 Å². The Morgan fingerprint density at radius 2 is 1.94 bits per heavy atom. The lowest BCUT2D eigenvalue weighted by Gasteiger charge is -2.36. The molecule has 5 atom stereocenters. The lowest BCUT2D eigenvalue weighted by molar-refractivity contribution is -0.389. The van der Waals surface area contributed by atoms with E-state index in [0.717, 1.165) is 12.1 Å². The molecular formula is C20H26F4N2O7S. The fourth-order valence-electron chi connectivity index (χ4n) is 3.37. The molecule has 0 bridgehead atoms. The van der Waals surface area contributed by atoms with Gasteiger partial charge in [0, 0.05) is 5.92 Å². The number of nitro benzene ring substituents is 1. The van der Waals surface area contributed by atoms with Crippen LogP contribution in [-0.4, -0.2) is 62.2 Å². The van der Waals surface area contributed by atoms with Gasteiger partial charge in [-0.05, 0) is 51.8 Å². The highest BCUT2D eigenvalue weighted by Crippen LogP contribution is 2.36. The second kappa shape index (κ2) is 10.5. The molecule has 0 spiro atoms. The van der Waals surface area contributed by atoms with Gasteiger partial charge in [0.1, 0.15) is 23.1 Å². The Balaban J connectivity index is 2.27. The molecule has 1 aromatic rings. The zero-order valence-corrected chi connectivity index (χ0v) is 19.7. The van der Waals surface area contributed by atoms with E-state index >= 15 is 0 Å². The largest absolute Gasteiger partial charge is 0.616 e. The van der Waals surface area contributed by atoms with Crippen LogP contribution in [0.15, 0.2) is 12.1 Å². The maximum absolute atomic E-state index is 14.4. The van der Waals surface area contributed by atoms with E-state index in [9.17, 15) is 42.1 Å². The van der Waals surface area contributed by atoms with Crippen LogP contribution in [0.3, 0.4) is 0 Å². The SMILES string of the molecule is C[C@H](Oc1cc(C[C@@H]2C[S@@+]([O-])C[C@H](NC(=O)OC(C)(C)C)[C@H]2O)cc(F)c1[N+](=O)[O-])C(F)(F)F. The average Bonchev–Trinajstić information content (AvgIpc) is 2.62. The van der Waals surface area contributed by atoms with Crippen LogP contribution in [0.1, 0.15) is 33.3 Å². The number of alkyl carbamates (subject to hydrolysis) is 1. The molecule has 0 aromatic heterocycles. The van der Waals surface area contributed by atoms with Gasteiger partial charge in [-0.15, -0.1) is 0 Å². The normalized spacial score (nSPS) is 24.3. The first-order chi connectivity index (χ1) is 15.5. The van der Waals surface area contributed by atoms with Gasteiger partial charge >= 0.3 is 18.0 Å². The molecule has 1 fully saturated rings. The second-order valence-corrected chi connectivity index (χ2v) is 10.5. The molecule has 0 unspecified atom stereocenters. The number of nitrogens with zero attached hydrogens (tertiary/aromatic N) is 1. The molecule has 1 aliphatic rings. The van der Waals surface area contributed by atoms with Crippen LogP contribution >= 0.6 is 0 Å². The fourth-order valence-corrected chi connectivity index (χ4v) is 4.98. The van der Waals surface area contributed by atoms with Crippen molar-refractivity contribution in [3.63, 3.8) is 0 Å². The predicted molar refractivity (Wildman–Crippen MR) is 113 cm³/mol. The Morgan fingerprint density at radius 3 is 2.47 bits per heavy atom. The molecule has 1 heterocycles. The second-order valence-electron chi connectivity index (χ2n) is 8.96. The van der Waals surface area contributed by atoms with E-state index < -0.39 is 75.4 Å². The summed E-state index contributed by atoms with van der Waals surface area (Å²) in [7, 11) is 0. The van der Waals surface area contributed by atoms with E-state index in [1.54, 1.807) is 20.8 Å². The summed E-state index contributed by atoms with van der Waals surface area (Å²) in [5, 5.41) is 24.3. The summed E-state index contributed by atoms with van der Waals surface area (Å²) in [5.74, 6) is -3.24. The van der Waals surface area contributed by atoms with Crippen LogP contribution < -0.4 is 10.1 Å². The first kappa shape index (κ1) is 27.9. The van der Waals surface area contributed by atoms with Crippen LogP contribution in [0.2, 0.25) is 0 Å². The number of amides is 1. The van der Waals surface area contributed by atoms with Crippen molar-refractivity contribution in [3.05, 3.63) is 33.6 Å². The highest BCUT2D eigenvalue weighted by atomic mass is 32.2. The van der Waals surface area contributed by atoms with Gasteiger partial charge in [-0.1, -0.05) is 11.2 Å². The number of rotatable bonds is 6. The van der Waals surface area contributed by atoms with E-state index in [1.807, 2.05) is 0 Å². The van der Waals surface area contributed by atoms with E-state index in [2.05, 4.69) is 10.1 Å². The summed E-state index contributed by atoms with van der Waals surface area (Å²) in [6, 6.07) is 0.687. The third kappa shape index (κ3) is 7.60. The summed E-state index contributed by atoms with van der Waals surface area (Å²) in [6.07, 6.45) is -9.58. The Hall–Kier alpha value is -2.32. The average molecular weight is 514 g/mol. The Bertz CT molecular complexity index is 910. The predicted octanol–water partition coefficient (Wildman–Crippen LogP) is 3.24. The number of nitro groups is 1. The molecule has 14 heteroatoms. The quantitative estimate of drug-likeness (QED) is 0.258. The van der Waals surface area contributed by atoms with Gasteiger partial charge in [0.2, 0.25) is 11.6 Å². The summed E-state index contributed by atoms with van der Waals surface area (Å²) in [4.78, 5) is 22.0. The summed E-state index contributed by atoms with van der Waals surface area (Å²) < 4.78 is 75.2. The first-order valence-electron chi connectivity index (χ1n) is 10.2. The number of alkyl halides is 3. The van der Waals surface area contributed by atoms with E-state index in [-0.39, 0.29) is 23.5 Å². The number of benzene rings is 1. The molecule has 9 nitrogen and oxygen atoms in total. The van der Waals surface area contributed by atoms with Crippen molar-refractivity contribution in [2.45, 2.75) is 64.1 Å². The lowest BCUT2D eigenvalue weighted by atomic mass is 9.91. The van der Waals surface area contributed by atoms with Gasteiger partial charge in [0.25, 0.3) is 0 Å². The van der Waals surface area contributed by atoms with E-state index in [0.29, 0.717) is 6.92 Å². The third-order valence-corrected chi connectivity index (χ3v) is 6.43. The maximum atomic E-state index is 14.4. The first-order valence-corrected chi connectivity index (χ1v) is 11.7. The van der Waals surface area contributed by atoms with Crippen LogP contribution in [0.25, 0.3) is 0 Å². The highest BCUT2D eigenvalue weighted by Gasteiger charge is 2.42. The molecule has 0 radical (unpaired) electrons. The molecule has 1 aliphatic heterocycles. The Labute approximate surface area is 196 Å². The minimum atomic E-state index is -4.85. The molecular weight excluding hydrogens is 488 g/mol. The number of ether oxygens (including phenoxy) is 2. The number of halogens is 4. The fraction of sp³-hybridized carbons (Fsp3) is 0.650. The number of nitrogens with one attached hydrogen (secondary N) is 1. The molecule has 1 amide bonds. The van der Waals surface area contributed by atoms with E-state index in [1.165, 1.54) is 0 Å². The molecule has 2 N–H and O–H groups in total. The minimum Gasteiger partial charge on any atom is -0.616 e. The summed E-state index contributed by atoms with van der Waals surface area (Å²) in [6.45, 7) is 5.52. The third-order valence-electron chi connectivity index (χ3n) is 4.90. The molecule has 1 aromatic carbocycles. The van der Waals surface area contributed by atoms with Crippen molar-refractivity contribution >= 4 is 23.0 Å². The van der Waals surface area contributed by atoms with Crippen molar-refractivity contribution in [3.8, 4) is 5.75 Å².